The lowest BCUT2D eigenvalue weighted by Crippen LogP contribution is -2.38. The highest BCUT2D eigenvalue weighted by molar-refractivity contribution is 4.71. The van der Waals surface area contributed by atoms with Crippen molar-refractivity contribution in [2.45, 2.75) is 89.8 Å². The number of aliphatic hydroxyl groups is 1. The fourth-order valence-corrected chi connectivity index (χ4v) is 2.75. The lowest BCUT2D eigenvalue weighted by Gasteiger charge is -2.27. The molecular formula is C17H34O3. The van der Waals surface area contributed by atoms with Crippen molar-refractivity contribution < 1.29 is 14.6 Å². The van der Waals surface area contributed by atoms with E-state index >= 15 is 0 Å². The van der Waals surface area contributed by atoms with Crippen LogP contribution in [0.25, 0.3) is 0 Å². The van der Waals surface area contributed by atoms with E-state index in [1.54, 1.807) is 0 Å². The molecule has 1 aliphatic rings. The van der Waals surface area contributed by atoms with Gasteiger partial charge in [0.2, 0.25) is 0 Å². The van der Waals surface area contributed by atoms with Gasteiger partial charge in [-0.2, -0.15) is 0 Å². The highest BCUT2D eigenvalue weighted by atomic mass is 16.6. The van der Waals surface area contributed by atoms with Gasteiger partial charge < -0.3 is 14.6 Å². The summed E-state index contributed by atoms with van der Waals surface area (Å²) in [6.07, 6.45) is 13.7. The Morgan fingerprint density at radius 3 is 2.05 bits per heavy atom. The van der Waals surface area contributed by atoms with Crippen LogP contribution < -0.4 is 0 Å². The van der Waals surface area contributed by atoms with Gasteiger partial charge in [-0.3, -0.25) is 0 Å². The van der Waals surface area contributed by atoms with Crippen molar-refractivity contribution in [2.75, 3.05) is 19.8 Å². The zero-order valence-electron chi connectivity index (χ0n) is 13.3. The van der Waals surface area contributed by atoms with Crippen LogP contribution in [0.15, 0.2) is 0 Å². The Labute approximate surface area is 125 Å². The van der Waals surface area contributed by atoms with Crippen LogP contribution >= 0.6 is 0 Å². The quantitative estimate of drug-likeness (QED) is 0.550. The minimum absolute atomic E-state index is 0.0951. The van der Waals surface area contributed by atoms with Gasteiger partial charge in [0.15, 0.2) is 0 Å². The van der Waals surface area contributed by atoms with Crippen molar-refractivity contribution in [3.63, 3.8) is 0 Å². The molecule has 1 N–H and O–H groups in total. The third kappa shape index (κ3) is 8.93. The molecule has 0 amide bonds. The molecule has 3 nitrogen and oxygen atoms in total. The largest absolute Gasteiger partial charge is 0.390 e. The zero-order chi connectivity index (χ0) is 14.5. The number of aliphatic hydroxyl groups excluding tert-OH is 1. The molecule has 0 aromatic carbocycles. The summed E-state index contributed by atoms with van der Waals surface area (Å²) in [6.45, 7) is 4.11. The van der Waals surface area contributed by atoms with Crippen LogP contribution in [0.2, 0.25) is 0 Å². The van der Waals surface area contributed by atoms with Crippen molar-refractivity contribution in [3.05, 3.63) is 0 Å². The SMILES string of the molecule is CCCCCCCCCCCCC(O)C1COCCO1. The van der Waals surface area contributed by atoms with Crippen LogP contribution in [-0.2, 0) is 9.47 Å². The Balaban J connectivity index is 1.82. The Hall–Kier alpha value is -0.120. The first kappa shape index (κ1) is 17.9. The third-order valence-electron chi connectivity index (χ3n) is 4.12. The van der Waals surface area contributed by atoms with Gasteiger partial charge in [-0.05, 0) is 6.42 Å². The second-order valence-corrected chi connectivity index (χ2v) is 6.02. The second kappa shape index (κ2) is 12.6. The Morgan fingerprint density at radius 1 is 0.900 bits per heavy atom. The highest BCUT2D eigenvalue weighted by Crippen LogP contribution is 2.15. The van der Waals surface area contributed by atoms with Gasteiger partial charge in [-0.15, -0.1) is 0 Å². The smallest absolute Gasteiger partial charge is 0.107 e. The van der Waals surface area contributed by atoms with Gasteiger partial charge in [0.25, 0.3) is 0 Å². The van der Waals surface area contributed by atoms with E-state index in [1.807, 2.05) is 0 Å². The van der Waals surface area contributed by atoms with Crippen molar-refractivity contribution >= 4 is 0 Å². The van der Waals surface area contributed by atoms with Crippen LogP contribution in [0.3, 0.4) is 0 Å². The first-order valence-electron chi connectivity index (χ1n) is 8.72. The molecule has 120 valence electrons. The molecule has 1 fully saturated rings. The maximum atomic E-state index is 9.99. The van der Waals surface area contributed by atoms with Gasteiger partial charge in [0.05, 0.1) is 25.9 Å². The molecule has 0 aliphatic carbocycles. The van der Waals surface area contributed by atoms with Gasteiger partial charge in [0.1, 0.15) is 6.10 Å². The highest BCUT2D eigenvalue weighted by Gasteiger charge is 2.22. The van der Waals surface area contributed by atoms with Crippen LogP contribution in [0.1, 0.15) is 77.6 Å². The minimum atomic E-state index is -0.343. The molecule has 0 aromatic heterocycles. The number of ether oxygens (including phenoxy) is 2. The molecule has 3 heteroatoms. The van der Waals surface area contributed by atoms with E-state index in [0.29, 0.717) is 19.8 Å². The summed E-state index contributed by atoms with van der Waals surface area (Å²) in [5.74, 6) is 0. The molecule has 1 heterocycles. The summed E-state index contributed by atoms with van der Waals surface area (Å²) in [5.41, 5.74) is 0. The summed E-state index contributed by atoms with van der Waals surface area (Å²) in [7, 11) is 0. The number of hydrogen-bond acceptors (Lipinski definition) is 3. The summed E-state index contributed by atoms with van der Waals surface area (Å²) < 4.78 is 10.8. The fraction of sp³-hybridized carbons (Fsp3) is 1.00. The lowest BCUT2D eigenvalue weighted by atomic mass is 10.0. The Morgan fingerprint density at radius 2 is 1.50 bits per heavy atom. The average molecular weight is 286 g/mol. The topological polar surface area (TPSA) is 38.7 Å². The van der Waals surface area contributed by atoms with Crippen LogP contribution in [0.5, 0.6) is 0 Å². The van der Waals surface area contributed by atoms with Crippen molar-refractivity contribution in [3.8, 4) is 0 Å². The molecule has 2 atom stereocenters. The molecule has 0 saturated carbocycles. The fourth-order valence-electron chi connectivity index (χ4n) is 2.75. The number of rotatable bonds is 12. The zero-order valence-corrected chi connectivity index (χ0v) is 13.3. The van der Waals surface area contributed by atoms with Gasteiger partial charge in [-0.1, -0.05) is 71.1 Å². The summed E-state index contributed by atoms with van der Waals surface area (Å²) in [5, 5.41) is 9.99. The number of hydrogen-bond donors (Lipinski definition) is 1. The summed E-state index contributed by atoms with van der Waals surface area (Å²) >= 11 is 0. The van der Waals surface area contributed by atoms with Crippen molar-refractivity contribution in [2.24, 2.45) is 0 Å². The molecule has 1 aliphatic heterocycles. The Bertz CT molecular complexity index is 202. The van der Waals surface area contributed by atoms with E-state index in [4.69, 9.17) is 9.47 Å². The van der Waals surface area contributed by atoms with E-state index in [1.165, 1.54) is 57.8 Å². The third-order valence-corrected chi connectivity index (χ3v) is 4.12. The van der Waals surface area contributed by atoms with Crippen LogP contribution in [0.4, 0.5) is 0 Å². The Kier molecular flexibility index (Phi) is 11.3. The first-order chi connectivity index (χ1) is 9.84. The minimum Gasteiger partial charge on any atom is -0.390 e. The summed E-state index contributed by atoms with van der Waals surface area (Å²) in [6, 6.07) is 0. The normalized spacial score (nSPS) is 21.0. The standard InChI is InChI=1S/C17H34O3/c1-2-3-4-5-6-7-8-9-10-11-12-16(18)17-15-19-13-14-20-17/h16-18H,2-15H2,1H3. The van der Waals surface area contributed by atoms with E-state index in [0.717, 1.165) is 12.8 Å². The van der Waals surface area contributed by atoms with Gasteiger partial charge >= 0.3 is 0 Å². The van der Waals surface area contributed by atoms with E-state index in [-0.39, 0.29) is 12.2 Å². The maximum absolute atomic E-state index is 9.99. The van der Waals surface area contributed by atoms with Gasteiger partial charge in [0, 0.05) is 0 Å². The monoisotopic (exact) mass is 286 g/mol. The molecular weight excluding hydrogens is 252 g/mol. The number of unbranched alkanes of at least 4 members (excludes halogenated alkanes) is 9. The van der Waals surface area contributed by atoms with E-state index < -0.39 is 0 Å². The molecule has 0 aromatic rings. The van der Waals surface area contributed by atoms with Gasteiger partial charge in [-0.25, -0.2) is 0 Å². The molecule has 0 spiro atoms. The maximum Gasteiger partial charge on any atom is 0.107 e. The van der Waals surface area contributed by atoms with E-state index in [2.05, 4.69) is 6.92 Å². The molecule has 2 unspecified atom stereocenters. The molecule has 0 bridgehead atoms. The van der Waals surface area contributed by atoms with Crippen molar-refractivity contribution in [1.82, 2.24) is 0 Å². The predicted molar refractivity (Wildman–Crippen MR) is 83.0 cm³/mol. The molecule has 0 radical (unpaired) electrons. The average Bonchev–Trinajstić information content (AvgIpc) is 2.50. The molecule has 1 saturated heterocycles. The molecule has 20 heavy (non-hydrogen) atoms. The first-order valence-corrected chi connectivity index (χ1v) is 8.72. The van der Waals surface area contributed by atoms with E-state index in [9.17, 15) is 5.11 Å². The predicted octanol–water partition coefficient (Wildman–Crippen LogP) is 4.07. The lowest BCUT2D eigenvalue weighted by molar-refractivity contribution is -0.133. The second-order valence-electron chi connectivity index (χ2n) is 6.02. The van der Waals surface area contributed by atoms with Crippen LogP contribution in [-0.4, -0.2) is 37.1 Å². The summed E-state index contributed by atoms with van der Waals surface area (Å²) in [4.78, 5) is 0. The van der Waals surface area contributed by atoms with Crippen LogP contribution in [0, 0.1) is 0 Å². The van der Waals surface area contributed by atoms with Crippen molar-refractivity contribution in [1.29, 1.82) is 0 Å². The molecule has 1 rings (SSSR count).